The summed E-state index contributed by atoms with van der Waals surface area (Å²) in [5, 5.41) is 5.75. The topological polar surface area (TPSA) is 15.3 Å². The second-order valence-electron chi connectivity index (χ2n) is 5.12. The summed E-state index contributed by atoms with van der Waals surface area (Å²) in [6, 6.07) is 2.23. The van der Waals surface area contributed by atoms with Crippen molar-refractivity contribution >= 4 is 11.3 Å². The summed E-state index contributed by atoms with van der Waals surface area (Å²) >= 11 is 1.90. The van der Waals surface area contributed by atoms with Gasteiger partial charge in [-0.15, -0.1) is 11.3 Å². The van der Waals surface area contributed by atoms with Gasteiger partial charge in [0.05, 0.1) is 0 Å². The minimum Gasteiger partial charge on any atom is -0.316 e. The van der Waals surface area contributed by atoms with E-state index in [4.69, 9.17) is 0 Å². The fraction of sp³-hybridized carbons (Fsp3) is 0.714. The van der Waals surface area contributed by atoms with E-state index in [1.165, 1.54) is 44.6 Å². The molecule has 96 valence electrons. The summed E-state index contributed by atoms with van der Waals surface area (Å²) < 4.78 is 0. The van der Waals surface area contributed by atoms with Crippen molar-refractivity contribution < 1.29 is 0 Å². The quantitative estimate of drug-likeness (QED) is 0.783. The fourth-order valence-corrected chi connectivity index (χ4v) is 3.42. The van der Waals surface area contributed by atoms with E-state index in [2.05, 4.69) is 35.5 Å². The zero-order valence-corrected chi connectivity index (χ0v) is 11.9. The Kier molecular flexibility index (Phi) is 5.01. The number of thiophene rings is 1. The average molecular weight is 252 g/mol. The molecule has 1 N–H and O–H groups in total. The number of likely N-dealkylation sites (tertiary alicyclic amines) is 1. The van der Waals surface area contributed by atoms with Crippen molar-refractivity contribution in [2.24, 2.45) is 5.92 Å². The SMILES string of the molecule is CCCNCC1CCN(Cc2sccc2C)C1. The lowest BCUT2D eigenvalue weighted by Crippen LogP contribution is -2.26. The van der Waals surface area contributed by atoms with Crippen molar-refractivity contribution in [1.29, 1.82) is 0 Å². The van der Waals surface area contributed by atoms with E-state index in [-0.39, 0.29) is 0 Å². The van der Waals surface area contributed by atoms with Gasteiger partial charge in [-0.1, -0.05) is 6.92 Å². The van der Waals surface area contributed by atoms with Gasteiger partial charge < -0.3 is 5.32 Å². The van der Waals surface area contributed by atoms with Gasteiger partial charge in [0.15, 0.2) is 0 Å². The molecule has 2 nitrogen and oxygen atoms in total. The first-order valence-electron chi connectivity index (χ1n) is 6.75. The molecule has 1 saturated heterocycles. The molecule has 17 heavy (non-hydrogen) atoms. The Balaban J connectivity index is 1.73. The van der Waals surface area contributed by atoms with Crippen molar-refractivity contribution in [3.05, 3.63) is 21.9 Å². The minimum absolute atomic E-state index is 0.863. The number of nitrogens with one attached hydrogen (secondary N) is 1. The van der Waals surface area contributed by atoms with Crippen LogP contribution in [0.2, 0.25) is 0 Å². The van der Waals surface area contributed by atoms with E-state index in [9.17, 15) is 0 Å². The normalized spacial score (nSPS) is 21.2. The Morgan fingerprint density at radius 3 is 3.12 bits per heavy atom. The maximum Gasteiger partial charge on any atom is 0.0330 e. The third kappa shape index (κ3) is 3.80. The molecule has 3 heteroatoms. The van der Waals surface area contributed by atoms with Crippen molar-refractivity contribution in [3.63, 3.8) is 0 Å². The Bertz CT molecular complexity index is 335. The molecule has 0 bridgehead atoms. The molecule has 0 aromatic carbocycles. The highest BCUT2D eigenvalue weighted by atomic mass is 32.1. The largest absolute Gasteiger partial charge is 0.316 e. The molecule has 0 saturated carbocycles. The van der Waals surface area contributed by atoms with Gasteiger partial charge in [-0.25, -0.2) is 0 Å². The van der Waals surface area contributed by atoms with Gasteiger partial charge >= 0.3 is 0 Å². The Hall–Kier alpha value is -0.380. The van der Waals surface area contributed by atoms with Crippen LogP contribution in [0.5, 0.6) is 0 Å². The van der Waals surface area contributed by atoms with Crippen LogP contribution >= 0.6 is 11.3 Å². The molecule has 2 rings (SSSR count). The molecule has 1 atom stereocenters. The maximum atomic E-state index is 3.54. The second-order valence-corrected chi connectivity index (χ2v) is 6.12. The lowest BCUT2D eigenvalue weighted by molar-refractivity contribution is 0.316. The third-order valence-electron chi connectivity index (χ3n) is 3.57. The van der Waals surface area contributed by atoms with Gasteiger partial charge in [-0.05, 0) is 62.3 Å². The molecule has 0 amide bonds. The number of nitrogens with zero attached hydrogens (tertiary/aromatic N) is 1. The van der Waals surface area contributed by atoms with Crippen LogP contribution in [0, 0.1) is 12.8 Å². The van der Waals surface area contributed by atoms with Crippen LogP contribution in [0.25, 0.3) is 0 Å². The molecule has 1 aliphatic heterocycles. The van der Waals surface area contributed by atoms with Gasteiger partial charge in [-0.2, -0.15) is 0 Å². The highest BCUT2D eigenvalue weighted by molar-refractivity contribution is 7.10. The predicted molar refractivity (Wildman–Crippen MR) is 75.6 cm³/mol. The summed E-state index contributed by atoms with van der Waals surface area (Å²) in [6.07, 6.45) is 2.60. The molecule has 1 aromatic rings. The monoisotopic (exact) mass is 252 g/mol. The van der Waals surface area contributed by atoms with Crippen LogP contribution in [0.1, 0.15) is 30.2 Å². The van der Waals surface area contributed by atoms with E-state index >= 15 is 0 Å². The minimum atomic E-state index is 0.863. The molecule has 2 heterocycles. The lowest BCUT2D eigenvalue weighted by Gasteiger charge is -2.16. The van der Waals surface area contributed by atoms with Crippen molar-refractivity contribution in [2.75, 3.05) is 26.2 Å². The molecule has 1 aromatic heterocycles. The zero-order chi connectivity index (χ0) is 12.1. The van der Waals surface area contributed by atoms with Crippen LogP contribution in [0.15, 0.2) is 11.4 Å². The Labute approximate surface area is 109 Å². The molecule has 1 fully saturated rings. The number of aryl methyl sites for hydroxylation is 1. The van der Waals surface area contributed by atoms with Crippen LogP contribution in [-0.4, -0.2) is 31.1 Å². The van der Waals surface area contributed by atoms with Gasteiger partial charge in [0.25, 0.3) is 0 Å². The predicted octanol–water partition coefficient (Wildman–Crippen LogP) is 2.88. The molecule has 0 aliphatic carbocycles. The van der Waals surface area contributed by atoms with Crippen molar-refractivity contribution in [3.8, 4) is 0 Å². The first-order valence-corrected chi connectivity index (χ1v) is 7.63. The zero-order valence-electron chi connectivity index (χ0n) is 11.0. The first kappa shape index (κ1) is 13.1. The molecule has 1 aliphatic rings. The molecule has 1 unspecified atom stereocenters. The Morgan fingerprint density at radius 2 is 2.41 bits per heavy atom. The molecule has 0 radical (unpaired) electrons. The lowest BCUT2D eigenvalue weighted by atomic mass is 10.1. The smallest absolute Gasteiger partial charge is 0.0330 e. The van der Waals surface area contributed by atoms with Crippen molar-refractivity contribution in [1.82, 2.24) is 10.2 Å². The first-order chi connectivity index (χ1) is 8.29. The van der Waals surface area contributed by atoms with E-state index in [1.807, 2.05) is 11.3 Å². The van der Waals surface area contributed by atoms with Gasteiger partial charge in [0.1, 0.15) is 0 Å². The van der Waals surface area contributed by atoms with Gasteiger partial charge in [0.2, 0.25) is 0 Å². The maximum absolute atomic E-state index is 3.54. The van der Waals surface area contributed by atoms with Crippen molar-refractivity contribution in [2.45, 2.75) is 33.2 Å². The summed E-state index contributed by atoms with van der Waals surface area (Å²) in [6.45, 7) is 10.5. The van der Waals surface area contributed by atoms with Gasteiger partial charge in [0, 0.05) is 18.0 Å². The number of rotatable bonds is 6. The highest BCUT2D eigenvalue weighted by Crippen LogP contribution is 2.22. The van der Waals surface area contributed by atoms with Gasteiger partial charge in [-0.3, -0.25) is 4.90 Å². The molecular formula is C14H24N2S. The summed E-state index contributed by atoms with van der Waals surface area (Å²) in [7, 11) is 0. The highest BCUT2D eigenvalue weighted by Gasteiger charge is 2.22. The van der Waals surface area contributed by atoms with Crippen LogP contribution in [0.3, 0.4) is 0 Å². The van der Waals surface area contributed by atoms with Crippen LogP contribution in [-0.2, 0) is 6.54 Å². The van der Waals surface area contributed by atoms with E-state index < -0.39 is 0 Å². The summed E-state index contributed by atoms with van der Waals surface area (Å²) in [4.78, 5) is 4.16. The summed E-state index contributed by atoms with van der Waals surface area (Å²) in [5.74, 6) is 0.863. The molecule has 0 spiro atoms. The van der Waals surface area contributed by atoms with E-state index in [0.717, 1.165) is 12.5 Å². The number of hydrogen-bond donors (Lipinski definition) is 1. The van der Waals surface area contributed by atoms with E-state index in [0.29, 0.717) is 0 Å². The Morgan fingerprint density at radius 1 is 1.53 bits per heavy atom. The van der Waals surface area contributed by atoms with E-state index in [1.54, 1.807) is 4.88 Å². The molecular weight excluding hydrogens is 228 g/mol. The van der Waals surface area contributed by atoms with Crippen LogP contribution < -0.4 is 5.32 Å². The van der Waals surface area contributed by atoms with Crippen LogP contribution in [0.4, 0.5) is 0 Å². The third-order valence-corrected chi connectivity index (χ3v) is 4.57. The number of hydrogen-bond acceptors (Lipinski definition) is 3. The standard InChI is InChI=1S/C14H24N2S/c1-3-6-15-9-13-4-7-16(10-13)11-14-12(2)5-8-17-14/h5,8,13,15H,3-4,6-7,9-11H2,1-2H3. The second kappa shape index (κ2) is 6.53. The summed E-state index contributed by atoms with van der Waals surface area (Å²) in [5.41, 5.74) is 1.46. The average Bonchev–Trinajstić information content (AvgIpc) is 2.91. The fourth-order valence-electron chi connectivity index (χ4n) is 2.48.